The highest BCUT2D eigenvalue weighted by Gasteiger charge is 2.43. The minimum absolute atomic E-state index is 0.0954. The van der Waals surface area contributed by atoms with E-state index in [0.29, 0.717) is 13.2 Å². The van der Waals surface area contributed by atoms with Crippen molar-refractivity contribution in [2.24, 2.45) is 0 Å². The molecule has 1 atom stereocenters. The van der Waals surface area contributed by atoms with Crippen LogP contribution in [0.5, 0.6) is 5.75 Å². The van der Waals surface area contributed by atoms with Crippen LogP contribution in [0.2, 0.25) is 0 Å². The molecule has 0 aliphatic carbocycles. The Labute approximate surface area is 181 Å². The molecular formula is C24H38N2O4. The molecule has 0 saturated carbocycles. The van der Waals surface area contributed by atoms with Gasteiger partial charge in [-0.2, -0.15) is 0 Å². The summed E-state index contributed by atoms with van der Waals surface area (Å²) in [5.41, 5.74) is 1.56. The molecule has 168 valence electrons. The van der Waals surface area contributed by atoms with E-state index in [2.05, 4.69) is 11.8 Å². The van der Waals surface area contributed by atoms with E-state index in [1.54, 1.807) is 0 Å². The fraction of sp³-hybridized carbons (Fsp3) is 0.708. The lowest BCUT2D eigenvalue weighted by molar-refractivity contribution is -0.186. The van der Waals surface area contributed by atoms with Crippen LogP contribution >= 0.6 is 0 Å². The average Bonchev–Trinajstić information content (AvgIpc) is 2.73. The number of carbonyl (C=O) groups excluding carboxylic acids is 1. The van der Waals surface area contributed by atoms with Gasteiger partial charge in [0.1, 0.15) is 5.75 Å². The number of morpholine rings is 1. The zero-order valence-electron chi connectivity index (χ0n) is 19.3. The summed E-state index contributed by atoms with van der Waals surface area (Å²) in [7, 11) is 0. The van der Waals surface area contributed by atoms with Gasteiger partial charge in [-0.3, -0.25) is 9.69 Å². The molecule has 2 saturated heterocycles. The first-order chi connectivity index (χ1) is 14.4. The average molecular weight is 419 g/mol. The number of carbonyl (C=O) groups is 1. The molecule has 2 heterocycles. The lowest BCUT2D eigenvalue weighted by atomic mass is 9.88. The van der Waals surface area contributed by atoms with Crippen LogP contribution < -0.4 is 4.74 Å². The summed E-state index contributed by atoms with van der Waals surface area (Å²) in [5, 5.41) is 0. The maximum absolute atomic E-state index is 13.1. The summed E-state index contributed by atoms with van der Waals surface area (Å²) >= 11 is 0. The first-order valence-corrected chi connectivity index (χ1v) is 11.4. The van der Waals surface area contributed by atoms with Crippen LogP contribution in [0.25, 0.3) is 0 Å². The summed E-state index contributed by atoms with van der Waals surface area (Å²) in [6.45, 7) is 15.9. The van der Waals surface area contributed by atoms with Crippen molar-refractivity contribution in [3.63, 3.8) is 0 Å². The molecule has 0 bridgehead atoms. The third-order valence-corrected chi connectivity index (χ3v) is 6.09. The highest BCUT2D eigenvalue weighted by molar-refractivity contribution is 5.94. The minimum atomic E-state index is -0.169. The molecule has 1 amide bonds. The molecule has 2 aliphatic heterocycles. The van der Waals surface area contributed by atoms with Crippen molar-refractivity contribution < 1.29 is 19.0 Å². The van der Waals surface area contributed by atoms with E-state index in [9.17, 15) is 4.79 Å². The van der Waals surface area contributed by atoms with Crippen molar-refractivity contribution in [1.82, 2.24) is 9.80 Å². The predicted molar refractivity (Wildman–Crippen MR) is 118 cm³/mol. The second-order valence-corrected chi connectivity index (χ2v) is 8.85. The van der Waals surface area contributed by atoms with Crippen molar-refractivity contribution in [2.75, 3.05) is 45.9 Å². The molecular weight excluding hydrogens is 380 g/mol. The highest BCUT2D eigenvalue weighted by atomic mass is 16.5. The monoisotopic (exact) mass is 418 g/mol. The first-order valence-electron chi connectivity index (χ1n) is 11.4. The molecule has 1 spiro atoms. The molecule has 6 heteroatoms. The molecule has 0 aromatic heterocycles. The van der Waals surface area contributed by atoms with Gasteiger partial charge in [0.25, 0.3) is 5.91 Å². The third kappa shape index (κ3) is 5.54. The number of rotatable bonds is 7. The van der Waals surface area contributed by atoms with Gasteiger partial charge in [0.15, 0.2) is 0 Å². The van der Waals surface area contributed by atoms with Crippen molar-refractivity contribution in [3.8, 4) is 5.75 Å². The van der Waals surface area contributed by atoms with Gasteiger partial charge in [0.05, 0.1) is 24.4 Å². The van der Waals surface area contributed by atoms with Gasteiger partial charge < -0.3 is 19.1 Å². The van der Waals surface area contributed by atoms with Crippen LogP contribution in [0.1, 0.15) is 56.5 Å². The number of ether oxygens (including phenoxy) is 3. The van der Waals surface area contributed by atoms with Crippen LogP contribution in [0, 0.1) is 6.92 Å². The summed E-state index contributed by atoms with van der Waals surface area (Å²) in [6.07, 6.45) is 1.96. The number of benzene rings is 1. The van der Waals surface area contributed by atoms with Crippen molar-refractivity contribution in [1.29, 1.82) is 0 Å². The Morgan fingerprint density at radius 1 is 1.27 bits per heavy atom. The van der Waals surface area contributed by atoms with Crippen molar-refractivity contribution in [3.05, 3.63) is 29.3 Å². The molecule has 1 aromatic carbocycles. The van der Waals surface area contributed by atoms with Crippen LogP contribution in [-0.2, 0) is 9.47 Å². The normalized spacial score (nSPS) is 21.9. The van der Waals surface area contributed by atoms with E-state index in [0.717, 1.165) is 62.4 Å². The van der Waals surface area contributed by atoms with Crippen molar-refractivity contribution >= 4 is 5.91 Å². The van der Waals surface area contributed by atoms with E-state index < -0.39 is 0 Å². The fourth-order valence-corrected chi connectivity index (χ4v) is 4.51. The standard InChI is InChI=1S/C24H38N2O4/c1-6-25-15-21(16-28-7-2)30-24(17-25)10-12-26(13-11-24)23(27)20-8-9-22(19(5)14-20)29-18(3)4/h8-9,14,18,21H,6-7,10-13,15-17H2,1-5H3. The van der Waals surface area contributed by atoms with E-state index in [-0.39, 0.29) is 23.7 Å². The Morgan fingerprint density at radius 2 is 2.00 bits per heavy atom. The number of likely N-dealkylation sites (N-methyl/N-ethyl adjacent to an activating group) is 1. The number of amides is 1. The number of aryl methyl sites for hydroxylation is 1. The van der Waals surface area contributed by atoms with Gasteiger partial charge in [0, 0.05) is 38.3 Å². The fourth-order valence-electron chi connectivity index (χ4n) is 4.51. The molecule has 1 aromatic rings. The topological polar surface area (TPSA) is 51.2 Å². The summed E-state index contributed by atoms with van der Waals surface area (Å²) in [6, 6.07) is 5.74. The Bertz CT molecular complexity index is 713. The predicted octanol–water partition coefficient (Wildman–Crippen LogP) is 3.51. The molecule has 6 nitrogen and oxygen atoms in total. The lowest BCUT2D eigenvalue weighted by Crippen LogP contribution is -2.60. The Balaban J connectivity index is 1.62. The number of piperidine rings is 1. The van der Waals surface area contributed by atoms with Gasteiger partial charge in [-0.1, -0.05) is 6.92 Å². The second kappa shape index (κ2) is 10.1. The molecule has 30 heavy (non-hydrogen) atoms. The molecule has 0 N–H and O–H groups in total. The smallest absolute Gasteiger partial charge is 0.253 e. The third-order valence-electron chi connectivity index (χ3n) is 6.09. The largest absolute Gasteiger partial charge is 0.491 e. The number of hydrogen-bond acceptors (Lipinski definition) is 5. The number of hydrogen-bond donors (Lipinski definition) is 0. The van der Waals surface area contributed by atoms with Gasteiger partial charge in [-0.15, -0.1) is 0 Å². The number of nitrogens with zero attached hydrogens (tertiary/aromatic N) is 2. The molecule has 2 fully saturated rings. The van der Waals surface area contributed by atoms with Gasteiger partial charge in [0.2, 0.25) is 0 Å². The lowest BCUT2D eigenvalue weighted by Gasteiger charge is -2.50. The van der Waals surface area contributed by atoms with Gasteiger partial charge in [-0.25, -0.2) is 0 Å². The molecule has 0 radical (unpaired) electrons. The SMILES string of the molecule is CCOCC1CN(CC)CC2(CCN(C(=O)c3ccc(OC(C)C)c(C)c3)CC2)O1. The van der Waals surface area contributed by atoms with E-state index in [1.807, 2.05) is 50.8 Å². The molecule has 2 aliphatic rings. The first kappa shape index (κ1) is 23.0. The summed E-state index contributed by atoms with van der Waals surface area (Å²) < 4.78 is 18.0. The highest BCUT2D eigenvalue weighted by Crippen LogP contribution is 2.33. The Kier molecular flexibility index (Phi) is 7.77. The quantitative estimate of drug-likeness (QED) is 0.678. The van der Waals surface area contributed by atoms with Crippen molar-refractivity contribution in [2.45, 2.75) is 65.3 Å². The second-order valence-electron chi connectivity index (χ2n) is 8.85. The van der Waals surface area contributed by atoms with Crippen LogP contribution in [0.15, 0.2) is 18.2 Å². The van der Waals surface area contributed by atoms with Crippen LogP contribution in [0.3, 0.4) is 0 Å². The Morgan fingerprint density at radius 3 is 2.60 bits per heavy atom. The summed E-state index contributed by atoms with van der Waals surface area (Å²) in [4.78, 5) is 17.5. The van der Waals surface area contributed by atoms with Gasteiger partial charge >= 0.3 is 0 Å². The molecule has 3 rings (SSSR count). The number of likely N-dealkylation sites (tertiary alicyclic amines) is 1. The Hall–Kier alpha value is -1.63. The summed E-state index contributed by atoms with van der Waals surface area (Å²) in [5.74, 6) is 0.938. The minimum Gasteiger partial charge on any atom is -0.491 e. The van der Waals surface area contributed by atoms with Gasteiger partial charge in [-0.05, 0) is 70.8 Å². The zero-order valence-corrected chi connectivity index (χ0v) is 19.3. The maximum atomic E-state index is 13.1. The van der Waals surface area contributed by atoms with E-state index in [1.165, 1.54) is 0 Å². The molecule has 1 unspecified atom stereocenters. The van der Waals surface area contributed by atoms with Crippen LogP contribution in [-0.4, -0.2) is 79.5 Å². The van der Waals surface area contributed by atoms with E-state index >= 15 is 0 Å². The van der Waals surface area contributed by atoms with E-state index in [4.69, 9.17) is 14.2 Å². The van der Waals surface area contributed by atoms with Crippen LogP contribution in [0.4, 0.5) is 0 Å². The zero-order chi connectivity index (χ0) is 21.7. The maximum Gasteiger partial charge on any atom is 0.253 e.